The van der Waals surface area contributed by atoms with Crippen LogP contribution in [0.3, 0.4) is 0 Å². The number of carbonyl (C=O) groups is 2. The monoisotopic (exact) mass is 366 g/mol. The first-order chi connectivity index (χ1) is 12.2. The summed E-state index contributed by atoms with van der Waals surface area (Å²) >= 11 is 0. The molecule has 0 aliphatic carbocycles. The Kier molecular flexibility index (Phi) is 6.83. The third-order valence-corrected chi connectivity index (χ3v) is 3.99. The van der Waals surface area contributed by atoms with E-state index in [1.807, 2.05) is 30.3 Å². The van der Waals surface area contributed by atoms with E-state index < -0.39 is 30.0 Å². The maximum atomic E-state index is 14.3. The van der Waals surface area contributed by atoms with Crippen molar-refractivity contribution in [1.29, 1.82) is 0 Å². The number of amides is 2. The van der Waals surface area contributed by atoms with E-state index in [2.05, 4.69) is 5.32 Å². The molecule has 1 N–H and O–H groups in total. The quantitative estimate of drug-likeness (QED) is 0.887. The van der Waals surface area contributed by atoms with E-state index in [9.17, 15) is 14.0 Å². The van der Waals surface area contributed by atoms with E-state index in [1.165, 1.54) is 4.90 Å². The highest BCUT2D eigenvalue weighted by atomic mass is 19.1. The molecule has 6 nitrogen and oxygen atoms in total. The fourth-order valence-electron chi connectivity index (χ4n) is 2.68. The molecule has 2 atom stereocenters. The highest BCUT2D eigenvalue weighted by Gasteiger charge is 2.31. The molecule has 1 aliphatic rings. The number of rotatable bonds is 3. The Morgan fingerprint density at radius 3 is 2.50 bits per heavy atom. The van der Waals surface area contributed by atoms with Gasteiger partial charge in [0.2, 0.25) is 0 Å². The summed E-state index contributed by atoms with van der Waals surface area (Å²) in [5.41, 5.74) is 0.247. The van der Waals surface area contributed by atoms with Gasteiger partial charge in [0.05, 0.1) is 6.04 Å². The van der Waals surface area contributed by atoms with Crippen LogP contribution >= 0.6 is 0 Å². The highest BCUT2D eigenvalue weighted by molar-refractivity contribution is 5.69. The molecule has 144 valence electrons. The van der Waals surface area contributed by atoms with Crippen LogP contribution < -0.4 is 5.32 Å². The highest BCUT2D eigenvalue weighted by Crippen LogP contribution is 2.17. The van der Waals surface area contributed by atoms with E-state index in [0.717, 1.165) is 5.56 Å². The van der Waals surface area contributed by atoms with Crippen molar-refractivity contribution in [1.82, 2.24) is 10.2 Å². The maximum Gasteiger partial charge on any atom is 0.410 e. The minimum absolute atomic E-state index is 0.140. The number of nitrogens with one attached hydrogen (secondary N) is 1. The van der Waals surface area contributed by atoms with Crippen molar-refractivity contribution < 1.29 is 23.5 Å². The Labute approximate surface area is 153 Å². The fraction of sp³-hybridized carbons (Fsp3) is 0.579. The predicted octanol–water partition coefficient (Wildman–Crippen LogP) is 3.65. The maximum absolute atomic E-state index is 14.3. The molecule has 0 spiro atoms. The molecule has 0 bridgehead atoms. The number of hydrogen-bond acceptors (Lipinski definition) is 4. The number of carbonyl (C=O) groups excluding carboxylic acids is 2. The molecule has 1 heterocycles. The zero-order chi connectivity index (χ0) is 19.2. The lowest BCUT2D eigenvalue weighted by atomic mass is 10.1. The number of likely N-dealkylation sites (tertiary alicyclic amines) is 1. The smallest absolute Gasteiger partial charge is 0.410 e. The SMILES string of the molecule is CC(C)(C)OC(=O)NC1CCN(C(=O)OCc2ccccc2)CCC1F. The van der Waals surface area contributed by atoms with Gasteiger partial charge in [0.25, 0.3) is 0 Å². The van der Waals surface area contributed by atoms with Crippen molar-refractivity contribution in [3.63, 3.8) is 0 Å². The average Bonchev–Trinajstić information content (AvgIpc) is 2.74. The van der Waals surface area contributed by atoms with Gasteiger partial charge in [-0.25, -0.2) is 14.0 Å². The van der Waals surface area contributed by atoms with Crippen LogP contribution in [0.15, 0.2) is 30.3 Å². The van der Waals surface area contributed by atoms with Crippen molar-refractivity contribution in [3.05, 3.63) is 35.9 Å². The van der Waals surface area contributed by atoms with Crippen LogP contribution in [0.1, 0.15) is 39.2 Å². The molecular weight excluding hydrogens is 339 g/mol. The van der Waals surface area contributed by atoms with Crippen molar-refractivity contribution in [2.45, 2.75) is 58.0 Å². The van der Waals surface area contributed by atoms with E-state index >= 15 is 0 Å². The summed E-state index contributed by atoms with van der Waals surface area (Å²) in [5.74, 6) is 0. The van der Waals surface area contributed by atoms with Crippen LogP contribution in [-0.2, 0) is 16.1 Å². The number of hydrogen-bond donors (Lipinski definition) is 1. The summed E-state index contributed by atoms with van der Waals surface area (Å²) in [6, 6.07) is 8.68. The topological polar surface area (TPSA) is 67.9 Å². The van der Waals surface area contributed by atoms with Gasteiger partial charge < -0.3 is 19.7 Å². The molecule has 0 saturated carbocycles. The number of ether oxygens (including phenoxy) is 2. The summed E-state index contributed by atoms with van der Waals surface area (Å²) in [6.07, 6.45) is -1.92. The molecule has 0 aromatic heterocycles. The first-order valence-corrected chi connectivity index (χ1v) is 8.84. The minimum atomic E-state index is -1.24. The van der Waals surface area contributed by atoms with Crippen molar-refractivity contribution >= 4 is 12.2 Å². The Balaban J connectivity index is 1.83. The normalized spacial score (nSPS) is 20.8. The molecule has 1 fully saturated rings. The van der Waals surface area contributed by atoms with Gasteiger partial charge in [-0.3, -0.25) is 0 Å². The molecule has 2 amide bonds. The molecule has 2 rings (SSSR count). The fourth-order valence-corrected chi connectivity index (χ4v) is 2.68. The Morgan fingerprint density at radius 1 is 1.19 bits per heavy atom. The summed E-state index contributed by atoms with van der Waals surface area (Å²) < 4.78 is 24.8. The van der Waals surface area contributed by atoms with Crippen molar-refractivity contribution in [3.8, 4) is 0 Å². The van der Waals surface area contributed by atoms with Crippen LogP contribution in [0.25, 0.3) is 0 Å². The van der Waals surface area contributed by atoms with Gasteiger partial charge in [0, 0.05) is 13.1 Å². The third kappa shape index (κ3) is 6.54. The van der Waals surface area contributed by atoms with Gasteiger partial charge in [-0.1, -0.05) is 30.3 Å². The van der Waals surface area contributed by atoms with Gasteiger partial charge in [-0.2, -0.15) is 0 Å². The molecular formula is C19H27FN2O4. The van der Waals surface area contributed by atoms with Gasteiger partial charge in [-0.05, 0) is 39.2 Å². The van der Waals surface area contributed by atoms with Crippen molar-refractivity contribution in [2.75, 3.05) is 13.1 Å². The lowest BCUT2D eigenvalue weighted by Gasteiger charge is -2.24. The van der Waals surface area contributed by atoms with Crippen LogP contribution in [0.2, 0.25) is 0 Å². The lowest BCUT2D eigenvalue weighted by Crippen LogP contribution is -2.44. The largest absolute Gasteiger partial charge is 0.445 e. The second-order valence-corrected chi connectivity index (χ2v) is 7.37. The lowest BCUT2D eigenvalue weighted by molar-refractivity contribution is 0.0472. The van der Waals surface area contributed by atoms with Crippen LogP contribution in [0.5, 0.6) is 0 Å². The summed E-state index contributed by atoms with van der Waals surface area (Å²) in [4.78, 5) is 25.5. The second kappa shape index (κ2) is 8.87. The standard InChI is InChI=1S/C19H27FN2O4/c1-19(2,3)26-17(23)21-16-10-12-22(11-9-15(16)20)18(24)25-13-14-7-5-4-6-8-14/h4-8,15-16H,9-13H2,1-3H3,(H,21,23). The first kappa shape index (κ1) is 20.0. The second-order valence-electron chi connectivity index (χ2n) is 7.37. The van der Waals surface area contributed by atoms with Crippen LogP contribution in [-0.4, -0.2) is 48.0 Å². The first-order valence-electron chi connectivity index (χ1n) is 8.84. The zero-order valence-corrected chi connectivity index (χ0v) is 15.5. The van der Waals surface area contributed by atoms with Gasteiger partial charge >= 0.3 is 12.2 Å². The minimum Gasteiger partial charge on any atom is -0.445 e. The van der Waals surface area contributed by atoms with Crippen LogP contribution in [0.4, 0.5) is 14.0 Å². The number of alkyl halides is 1. The van der Waals surface area contributed by atoms with E-state index in [4.69, 9.17) is 9.47 Å². The van der Waals surface area contributed by atoms with E-state index in [-0.39, 0.29) is 19.6 Å². The molecule has 1 aliphatic heterocycles. The molecule has 1 aromatic rings. The number of alkyl carbamates (subject to hydrolysis) is 1. The van der Waals surface area contributed by atoms with Crippen LogP contribution in [0, 0.1) is 0 Å². The number of halogens is 1. The Bertz CT molecular complexity index is 603. The van der Waals surface area contributed by atoms with Crippen molar-refractivity contribution in [2.24, 2.45) is 0 Å². The molecule has 1 saturated heterocycles. The van der Waals surface area contributed by atoms with Gasteiger partial charge in [0.1, 0.15) is 18.4 Å². The molecule has 0 radical (unpaired) electrons. The molecule has 2 unspecified atom stereocenters. The Hall–Kier alpha value is -2.31. The summed E-state index contributed by atoms with van der Waals surface area (Å²) in [5, 5.41) is 2.57. The Morgan fingerprint density at radius 2 is 1.85 bits per heavy atom. The molecule has 1 aromatic carbocycles. The number of nitrogens with zero attached hydrogens (tertiary/aromatic N) is 1. The molecule has 7 heteroatoms. The van der Waals surface area contributed by atoms with Gasteiger partial charge in [-0.15, -0.1) is 0 Å². The zero-order valence-electron chi connectivity index (χ0n) is 15.5. The predicted molar refractivity (Wildman–Crippen MR) is 95.5 cm³/mol. The summed E-state index contributed by atoms with van der Waals surface area (Å²) in [6.45, 7) is 5.98. The number of benzene rings is 1. The van der Waals surface area contributed by atoms with Gasteiger partial charge in [0.15, 0.2) is 0 Å². The molecule has 26 heavy (non-hydrogen) atoms. The average molecular weight is 366 g/mol. The van der Waals surface area contributed by atoms with E-state index in [0.29, 0.717) is 13.0 Å². The summed E-state index contributed by atoms with van der Waals surface area (Å²) in [7, 11) is 0. The third-order valence-electron chi connectivity index (χ3n) is 3.99. The van der Waals surface area contributed by atoms with E-state index in [1.54, 1.807) is 20.8 Å².